The first-order valence-electron chi connectivity index (χ1n) is 41.8. The number of fused-ring (bicyclic) bond motifs is 2. The predicted octanol–water partition coefficient (Wildman–Crippen LogP) is 15.2. The van der Waals surface area contributed by atoms with Gasteiger partial charge in [-0.1, -0.05) is 143 Å². The van der Waals surface area contributed by atoms with Crippen LogP contribution in [0.3, 0.4) is 0 Å². The van der Waals surface area contributed by atoms with Crippen LogP contribution >= 0.6 is 47.2 Å². The van der Waals surface area contributed by atoms with Crippen molar-refractivity contribution in [3.05, 3.63) is 260 Å². The first-order valence-corrected chi connectivity index (χ1v) is 42.9. The summed E-state index contributed by atoms with van der Waals surface area (Å²) < 4.78 is 25.4. The van der Waals surface area contributed by atoms with E-state index in [2.05, 4.69) is 146 Å². The Labute approximate surface area is 832 Å². The number of nitrogen functional groups attached to an aromatic ring is 4. The molecule has 0 saturated carbocycles. The smallest absolute Gasteiger partial charge is 1.00 e. The Morgan fingerprint density at radius 3 is 1.33 bits per heavy atom. The molecule has 2 amide bonds. The van der Waals surface area contributed by atoms with E-state index in [-0.39, 0.29) is 106 Å². The second-order valence-electron chi connectivity index (χ2n) is 32.1. The number of aryl methyl sites for hydroxylation is 5. The molecule has 13 N–H and O–H groups in total. The molecule has 0 aliphatic carbocycles. The Bertz CT molecular complexity index is 5540. The van der Waals surface area contributed by atoms with E-state index in [1.165, 1.54) is 30.8 Å². The number of Topliss-reactive ketones (excluding diaryl/α,β-unsaturated/α-hetero) is 1. The molecule has 4 aromatic carbocycles. The molecule has 0 atom stereocenters. The Morgan fingerprint density at radius 1 is 0.548 bits per heavy atom. The van der Waals surface area contributed by atoms with Gasteiger partial charge in [0.1, 0.15) is 53.9 Å². The Balaban J connectivity index is 0.00000161. The van der Waals surface area contributed by atoms with E-state index >= 15 is 0 Å². The number of aromatic nitrogens is 10. The predicted molar refractivity (Wildman–Crippen MR) is 531 cm³/mol. The molecule has 12 aromatic rings. The van der Waals surface area contributed by atoms with Gasteiger partial charge < -0.3 is 53.8 Å². The van der Waals surface area contributed by atoms with Gasteiger partial charge in [0.2, 0.25) is 0 Å². The maximum absolute atomic E-state index is 13.2. The monoisotopic (exact) mass is 1950 g/mol. The summed E-state index contributed by atoms with van der Waals surface area (Å²) in [6, 6.07) is 50.0. The van der Waals surface area contributed by atoms with Crippen molar-refractivity contribution >= 4 is 137 Å². The number of hydrogen-bond acceptors (Lipinski definition) is 29. The minimum atomic E-state index is -0.889. The largest absolute Gasteiger partial charge is 1.00 e. The van der Waals surface area contributed by atoms with Crippen molar-refractivity contribution in [2.24, 2.45) is 11.3 Å². The van der Waals surface area contributed by atoms with Gasteiger partial charge in [0.15, 0.2) is 5.78 Å². The zero-order valence-corrected chi connectivity index (χ0v) is 84.3. The van der Waals surface area contributed by atoms with Crippen LogP contribution in [0.15, 0.2) is 195 Å². The number of nitriles is 1. The van der Waals surface area contributed by atoms with Gasteiger partial charge in [0.05, 0.1) is 113 Å². The fraction of sp³-hybridized carbons (Fsp3) is 0.351. The van der Waals surface area contributed by atoms with Gasteiger partial charge in [-0.15, -0.1) is 12.4 Å². The number of amides is 2. The third-order valence-corrected chi connectivity index (χ3v) is 18.4. The average molecular weight is 1950 g/mol. The second-order valence-corrected chi connectivity index (χ2v) is 33.4. The number of carbonyl (C=O) groups is 3. The second kappa shape index (κ2) is 63.1. The van der Waals surface area contributed by atoms with Crippen molar-refractivity contribution in [3.8, 4) is 28.9 Å². The van der Waals surface area contributed by atoms with Crippen LogP contribution in [0.1, 0.15) is 130 Å². The summed E-state index contributed by atoms with van der Waals surface area (Å²) in [5, 5.41) is 47.8. The number of carbonyl (C=O) groups excluding carboxylic acids is 5. The molecule has 14 rings (SSSR count). The fourth-order valence-electron chi connectivity index (χ4n) is 11.0. The molecule has 8 aromatic heterocycles. The van der Waals surface area contributed by atoms with Gasteiger partial charge in [-0.2, -0.15) is 25.0 Å². The first-order chi connectivity index (χ1) is 62.5. The average Bonchev–Trinajstić information content (AvgIpc) is 1.40. The van der Waals surface area contributed by atoms with E-state index in [9.17, 15) is 29.8 Å². The number of rotatable bonds is 16. The van der Waals surface area contributed by atoms with Gasteiger partial charge in [0.25, 0.3) is 11.4 Å². The van der Waals surface area contributed by atoms with Crippen molar-refractivity contribution in [1.29, 1.82) is 5.26 Å². The Morgan fingerprint density at radius 2 is 0.948 bits per heavy atom. The summed E-state index contributed by atoms with van der Waals surface area (Å²) in [5.74, 6) is 8.02. The maximum atomic E-state index is 13.2. The molecule has 0 spiro atoms. The normalized spacial score (nSPS) is 11.7. The number of ketones is 1. The molecule has 722 valence electrons. The molecule has 0 bridgehead atoms. The third-order valence-electron chi connectivity index (χ3n) is 18.2. The molecule has 2 aliphatic rings. The van der Waals surface area contributed by atoms with Crippen molar-refractivity contribution in [2.45, 2.75) is 134 Å². The Hall–Kier alpha value is -12.3. The van der Waals surface area contributed by atoms with E-state index in [0.29, 0.717) is 30.5 Å². The number of benzene rings is 4. The molecule has 0 unspecified atom stereocenters. The summed E-state index contributed by atoms with van der Waals surface area (Å²) >= 11 is 14.2. The first kappa shape index (κ1) is 121. The number of pyridine rings is 6. The van der Waals surface area contributed by atoms with E-state index in [1.807, 2.05) is 182 Å². The Kier molecular flexibility index (Phi) is 56.4. The number of halogens is 4. The molecule has 10 heterocycles. The molecule has 36 nitrogen and oxygen atoms in total. The van der Waals surface area contributed by atoms with E-state index in [4.69, 9.17) is 78.3 Å². The number of hydrogen-bond donors (Lipinski definition) is 7. The number of anilines is 6. The molecule has 2 fully saturated rings. The zero-order valence-electron chi connectivity index (χ0n) is 80.2. The van der Waals surface area contributed by atoms with Gasteiger partial charge in [-0.25, -0.2) is 19.1 Å². The maximum Gasteiger partial charge on any atom is 1.00 e. The molecule has 0 radical (unpaired) electrons. The molecular formula is C94H123Cl4N22NaO14. The number of nitrogens with two attached hydrogens (primary N) is 4. The summed E-state index contributed by atoms with van der Waals surface area (Å²) in [6.07, 6.45) is 10.8. The van der Waals surface area contributed by atoms with Crippen LogP contribution in [0.5, 0.6) is 11.5 Å². The van der Waals surface area contributed by atoms with Crippen LogP contribution in [-0.2, 0) is 34.7 Å². The molecule has 2 aliphatic heterocycles. The van der Waals surface area contributed by atoms with E-state index < -0.39 is 14.5 Å². The van der Waals surface area contributed by atoms with Crippen molar-refractivity contribution in [2.75, 3.05) is 112 Å². The number of nitrogens with zero attached hydrogens (tertiary/aromatic N) is 15. The van der Waals surface area contributed by atoms with Crippen LogP contribution in [0.2, 0.25) is 5.15 Å². The quantitative estimate of drug-likeness (QED) is 0.00898. The minimum Gasteiger partial charge on any atom is -1.00 e. The van der Waals surface area contributed by atoms with Crippen LogP contribution in [0, 0.1) is 71.6 Å². The minimum absolute atomic E-state index is 0. The third kappa shape index (κ3) is 46.0. The number of ether oxygens (including phenoxy) is 4. The van der Waals surface area contributed by atoms with Crippen LogP contribution in [0.4, 0.5) is 55.3 Å². The standard InChI is InChI=1S/C30H36N6O3.C16H20N2O2.C13H18N4.C7H11NO.C6H9N3.C6H6N2O2.C6H8N2.C5H3ClN2O2.C3H8.CCl2O.CO2.ClH.Na.H2O.H/c1-21-9-10-22(20-31-21)36-28(19-27(34-36)30(2,3)4)33-29(37)32-25-11-12-26(24-8-6-5-7-23(24)25)39-18-15-35-13-16-38-17-14-35;17-15-5-6-16(14-4-2-1-3-13(14)15)20-12-9-18-7-10-19-11-8-18;1-9-5-6-10(8-15-9)17-12(14)7-11(16-17)13(2,3)4;1-7(2,3)6(9)4-5-8;1-5-2-3-6(9-7)4-8-5;1-5-2-3-6(4-7-5)8(9)10;1-5-2-3-6(7)4-8-5;6-5-2-1-4(3-7-5)8(9)10;1-3-2;2-1(3)4;2-1-3;;;;/h5-12,19-20H,13-18H2,1-4H3,(H2,32,33,37);1-6H,7-12,17H2;5-8H,14H2,1-4H3;4H2,1-3H3;2-4,9H,7H2,1H3;2-4H,1H3;2-4H,7H2,1H3;1-3H;3H2,1-2H3;;;1H;;1H2;/q;;;;;;;;;;;;+1;;-1. The van der Waals surface area contributed by atoms with Crippen molar-refractivity contribution in [1.82, 2.24) is 59.3 Å². The van der Waals surface area contributed by atoms with Crippen LogP contribution < -0.4 is 78.1 Å². The zero-order chi connectivity index (χ0) is 98.1. The number of hydrazine groups is 1. The topological polar surface area (TPSA) is 523 Å². The number of nitrogens with one attached hydrogen (secondary N) is 3. The van der Waals surface area contributed by atoms with Crippen molar-refractivity contribution < 1.29 is 89.2 Å². The van der Waals surface area contributed by atoms with E-state index in [1.54, 1.807) is 47.1 Å². The molecule has 135 heavy (non-hydrogen) atoms. The summed E-state index contributed by atoms with van der Waals surface area (Å²) in [6.45, 7) is 41.9. The summed E-state index contributed by atoms with van der Waals surface area (Å²) in [4.78, 5) is 97.0. The van der Waals surface area contributed by atoms with Crippen LogP contribution in [0.25, 0.3) is 32.9 Å². The summed E-state index contributed by atoms with van der Waals surface area (Å²) in [7, 11) is 0. The van der Waals surface area contributed by atoms with E-state index in [0.717, 1.165) is 173 Å². The van der Waals surface area contributed by atoms with Gasteiger partial charge in [0, 0.05) is 135 Å². The fourth-order valence-corrected chi connectivity index (χ4v) is 11.1. The number of nitro groups is 2. The molecule has 2 saturated heterocycles. The molecule has 41 heteroatoms. The van der Waals surface area contributed by atoms with Gasteiger partial charge in [-0.05, 0) is 143 Å². The number of morpholine rings is 2. The van der Waals surface area contributed by atoms with Gasteiger partial charge in [-0.3, -0.25) is 75.7 Å². The van der Waals surface area contributed by atoms with Gasteiger partial charge >= 0.3 is 46.4 Å². The SMILES string of the molecule is CC(C)(C)C(=O)CC#N.CCC.Cc1ccc(-n2nc(C(C)(C)C)cc2N)cn1.Cc1ccc(-n2nc(C(C)(C)C)cc2NC(=O)Nc2ccc(OCCN3CCOCC3)c3ccccc23)cn1.Cc1ccc(N)cn1.Cc1ccc(NN)cn1.Cc1ccc([N+](=O)[O-])cn1.Cl.Nc1ccc(OCCN2CCOCC2)c2ccccc12.O.O=C(Cl)Cl.O=C=O.O=[N+]([O-])c1ccc(Cl)nc1.[H-].[Na+]. The van der Waals surface area contributed by atoms with Crippen LogP contribution in [-0.4, -0.2) is 176 Å². The van der Waals surface area contributed by atoms with Crippen molar-refractivity contribution in [3.63, 3.8) is 0 Å². The number of urea groups is 1. The summed E-state index contributed by atoms with van der Waals surface area (Å²) in [5.41, 5.74) is 30.5. The molecular weight excluding hydrogens is 1830 g/mol.